The quantitative estimate of drug-likeness (QED) is 0.456. The topological polar surface area (TPSA) is 68.2 Å². The zero-order valence-corrected chi connectivity index (χ0v) is 20.6. The molecule has 35 heavy (non-hydrogen) atoms. The molecule has 0 amide bonds. The highest BCUT2D eigenvalue weighted by Crippen LogP contribution is 2.34. The van der Waals surface area contributed by atoms with Gasteiger partial charge in [0.2, 0.25) is 0 Å². The highest BCUT2D eigenvalue weighted by atomic mass is 35.5. The standard InChI is InChI=1S/C29H31ClO5/c1-18-2-8-26-22(10-18)16-34-29(26)17-33-24-6-3-19(4-7-24)11-21-12-20(5-9-27(21)30)28-14-23(32)13-25(15-31)35-28/h2-10,12,23,25,28-29,31-32H,11,13-17H2,1H3. The third-order valence-electron chi connectivity index (χ3n) is 6.83. The van der Waals surface area contributed by atoms with E-state index < -0.39 is 6.10 Å². The number of fused-ring (bicyclic) bond motifs is 1. The minimum atomic E-state index is -0.482. The summed E-state index contributed by atoms with van der Waals surface area (Å²) < 4.78 is 17.9. The molecule has 2 aliphatic rings. The van der Waals surface area contributed by atoms with Crippen LogP contribution in [0.4, 0.5) is 0 Å². The molecule has 4 atom stereocenters. The van der Waals surface area contributed by atoms with Gasteiger partial charge in [-0.1, -0.05) is 59.6 Å². The van der Waals surface area contributed by atoms with Crippen LogP contribution in [0.25, 0.3) is 0 Å². The van der Waals surface area contributed by atoms with Crippen molar-refractivity contribution in [2.24, 2.45) is 0 Å². The fourth-order valence-corrected chi connectivity index (χ4v) is 5.12. The van der Waals surface area contributed by atoms with E-state index in [1.807, 2.05) is 42.5 Å². The molecule has 0 aliphatic carbocycles. The lowest BCUT2D eigenvalue weighted by atomic mass is 9.94. The van der Waals surface area contributed by atoms with Gasteiger partial charge in [-0.05, 0) is 59.4 Å². The van der Waals surface area contributed by atoms with Crippen molar-refractivity contribution < 1.29 is 24.4 Å². The lowest BCUT2D eigenvalue weighted by Crippen LogP contribution is -2.33. The number of benzene rings is 3. The second-order valence-corrected chi connectivity index (χ2v) is 9.95. The van der Waals surface area contributed by atoms with Crippen LogP contribution in [0.3, 0.4) is 0 Å². The molecule has 0 bridgehead atoms. The van der Waals surface area contributed by atoms with E-state index in [4.69, 9.17) is 25.8 Å². The molecule has 2 heterocycles. The Balaban J connectivity index is 1.22. The minimum absolute atomic E-state index is 0.0437. The highest BCUT2D eigenvalue weighted by molar-refractivity contribution is 6.31. The van der Waals surface area contributed by atoms with E-state index in [1.165, 1.54) is 16.7 Å². The number of aryl methyl sites for hydroxylation is 1. The number of halogens is 1. The van der Waals surface area contributed by atoms with E-state index in [2.05, 4.69) is 25.1 Å². The van der Waals surface area contributed by atoms with Crippen LogP contribution >= 0.6 is 11.6 Å². The van der Waals surface area contributed by atoms with Crippen LogP contribution in [-0.2, 0) is 22.5 Å². The van der Waals surface area contributed by atoms with Crippen LogP contribution in [0, 0.1) is 6.92 Å². The SMILES string of the molecule is Cc1ccc2c(c1)COC2COc1ccc(Cc2cc(C3CC(O)CC(CO)O3)ccc2Cl)cc1. The average Bonchev–Trinajstić information content (AvgIpc) is 3.26. The summed E-state index contributed by atoms with van der Waals surface area (Å²) in [5, 5.41) is 20.3. The van der Waals surface area contributed by atoms with E-state index in [1.54, 1.807) is 0 Å². The lowest BCUT2D eigenvalue weighted by Gasteiger charge is -2.32. The Kier molecular flexibility index (Phi) is 7.42. The summed E-state index contributed by atoms with van der Waals surface area (Å²) in [6.07, 6.45) is 0.517. The Labute approximate surface area is 211 Å². The monoisotopic (exact) mass is 494 g/mol. The fraction of sp³-hybridized carbons (Fsp3) is 0.379. The smallest absolute Gasteiger partial charge is 0.119 e. The highest BCUT2D eigenvalue weighted by Gasteiger charge is 2.29. The van der Waals surface area contributed by atoms with Gasteiger partial charge in [0.1, 0.15) is 18.5 Å². The molecule has 2 N–H and O–H groups in total. The van der Waals surface area contributed by atoms with Crippen LogP contribution in [0.15, 0.2) is 60.7 Å². The maximum atomic E-state index is 10.2. The minimum Gasteiger partial charge on any atom is -0.491 e. The molecule has 1 saturated heterocycles. The second-order valence-electron chi connectivity index (χ2n) is 9.54. The first-order valence-electron chi connectivity index (χ1n) is 12.1. The van der Waals surface area contributed by atoms with Gasteiger partial charge in [0, 0.05) is 17.9 Å². The van der Waals surface area contributed by atoms with Gasteiger partial charge in [-0.15, -0.1) is 0 Å². The zero-order chi connectivity index (χ0) is 24.4. The number of rotatable bonds is 7. The molecule has 0 spiro atoms. The Morgan fingerprint density at radius 2 is 1.86 bits per heavy atom. The third-order valence-corrected chi connectivity index (χ3v) is 7.20. The summed E-state index contributed by atoms with van der Waals surface area (Å²) in [7, 11) is 0. The van der Waals surface area contributed by atoms with Crippen molar-refractivity contribution in [3.63, 3.8) is 0 Å². The van der Waals surface area contributed by atoms with Crippen LogP contribution < -0.4 is 4.74 Å². The van der Waals surface area contributed by atoms with E-state index in [0.29, 0.717) is 37.5 Å². The third kappa shape index (κ3) is 5.71. The number of aliphatic hydroxyl groups is 2. The van der Waals surface area contributed by atoms with Crippen LogP contribution in [0.5, 0.6) is 5.75 Å². The summed E-state index contributed by atoms with van der Waals surface area (Å²) in [6, 6.07) is 20.3. The first-order valence-corrected chi connectivity index (χ1v) is 12.5. The Bertz CT molecular complexity index is 1160. The zero-order valence-electron chi connectivity index (χ0n) is 19.8. The van der Waals surface area contributed by atoms with Crippen molar-refractivity contribution >= 4 is 11.6 Å². The Morgan fingerprint density at radius 1 is 1.03 bits per heavy atom. The van der Waals surface area contributed by atoms with Gasteiger partial charge in [0.05, 0.1) is 31.5 Å². The maximum absolute atomic E-state index is 10.2. The second kappa shape index (κ2) is 10.7. The normalized spacial score (nSPS) is 23.8. The first-order chi connectivity index (χ1) is 17.0. The van der Waals surface area contributed by atoms with Gasteiger partial charge < -0.3 is 24.4 Å². The predicted molar refractivity (Wildman–Crippen MR) is 135 cm³/mol. The van der Waals surface area contributed by atoms with Gasteiger partial charge >= 0.3 is 0 Å². The Morgan fingerprint density at radius 3 is 2.66 bits per heavy atom. The van der Waals surface area contributed by atoms with Crippen molar-refractivity contribution in [2.45, 2.75) is 57.2 Å². The summed E-state index contributed by atoms with van der Waals surface area (Å²) in [6.45, 7) is 3.11. The molecule has 1 fully saturated rings. The molecule has 6 heteroatoms. The van der Waals surface area contributed by atoms with Crippen molar-refractivity contribution in [2.75, 3.05) is 13.2 Å². The van der Waals surface area contributed by atoms with E-state index in [0.717, 1.165) is 22.4 Å². The number of aliphatic hydroxyl groups excluding tert-OH is 2. The molecular weight excluding hydrogens is 464 g/mol. The van der Waals surface area contributed by atoms with E-state index in [9.17, 15) is 10.2 Å². The molecule has 4 unspecified atom stereocenters. The molecule has 0 aromatic heterocycles. The van der Waals surface area contributed by atoms with Gasteiger partial charge in [0.15, 0.2) is 0 Å². The first kappa shape index (κ1) is 24.3. The van der Waals surface area contributed by atoms with Gasteiger partial charge in [0.25, 0.3) is 0 Å². The van der Waals surface area contributed by atoms with Crippen molar-refractivity contribution in [1.29, 1.82) is 0 Å². The van der Waals surface area contributed by atoms with E-state index in [-0.39, 0.29) is 24.9 Å². The largest absolute Gasteiger partial charge is 0.491 e. The average molecular weight is 495 g/mol. The Hall–Kier alpha value is -2.41. The molecule has 3 aromatic carbocycles. The molecule has 0 radical (unpaired) electrons. The van der Waals surface area contributed by atoms with Gasteiger partial charge in [-0.25, -0.2) is 0 Å². The summed E-state index contributed by atoms with van der Waals surface area (Å²) in [4.78, 5) is 0. The fourth-order valence-electron chi connectivity index (χ4n) is 4.94. The maximum Gasteiger partial charge on any atom is 0.119 e. The summed E-state index contributed by atoms with van der Waals surface area (Å²) in [5.41, 5.74) is 6.78. The van der Waals surface area contributed by atoms with Crippen LogP contribution in [0.1, 0.15) is 58.4 Å². The van der Waals surface area contributed by atoms with Crippen LogP contribution in [0.2, 0.25) is 5.02 Å². The molecule has 0 saturated carbocycles. The lowest BCUT2D eigenvalue weighted by molar-refractivity contribution is -0.113. The molecular formula is C29H31ClO5. The van der Waals surface area contributed by atoms with E-state index >= 15 is 0 Å². The molecule has 5 rings (SSSR count). The molecule has 3 aromatic rings. The van der Waals surface area contributed by atoms with Gasteiger partial charge in [-0.3, -0.25) is 0 Å². The van der Waals surface area contributed by atoms with Gasteiger partial charge in [-0.2, -0.15) is 0 Å². The number of hydrogen-bond donors (Lipinski definition) is 2. The van der Waals surface area contributed by atoms with Crippen molar-refractivity contribution in [3.05, 3.63) is 99.1 Å². The predicted octanol–water partition coefficient (Wildman–Crippen LogP) is 5.46. The van der Waals surface area contributed by atoms with Crippen LogP contribution in [-0.4, -0.2) is 35.6 Å². The summed E-state index contributed by atoms with van der Waals surface area (Å²) >= 11 is 6.51. The van der Waals surface area contributed by atoms with Crippen molar-refractivity contribution in [3.8, 4) is 5.75 Å². The number of hydrogen-bond acceptors (Lipinski definition) is 5. The molecule has 5 nitrogen and oxygen atoms in total. The molecule has 184 valence electrons. The summed E-state index contributed by atoms with van der Waals surface area (Å²) in [5.74, 6) is 0.803. The number of ether oxygens (including phenoxy) is 3. The molecule has 2 aliphatic heterocycles. The van der Waals surface area contributed by atoms with Crippen molar-refractivity contribution in [1.82, 2.24) is 0 Å².